The highest BCUT2D eigenvalue weighted by Gasteiger charge is 2.40. The van der Waals surface area contributed by atoms with Gasteiger partial charge in [0.15, 0.2) is 11.5 Å². The van der Waals surface area contributed by atoms with E-state index in [-0.39, 0.29) is 11.1 Å². The summed E-state index contributed by atoms with van der Waals surface area (Å²) >= 11 is 9.11. The van der Waals surface area contributed by atoms with Gasteiger partial charge in [0, 0.05) is 5.02 Å². The van der Waals surface area contributed by atoms with E-state index in [4.69, 9.17) is 21.1 Å². The molecule has 1 aliphatic rings. The van der Waals surface area contributed by atoms with Gasteiger partial charge in [-0.3, -0.25) is 9.59 Å². The van der Waals surface area contributed by atoms with E-state index in [9.17, 15) is 9.59 Å². The topological polar surface area (TPSA) is 55.8 Å². The van der Waals surface area contributed by atoms with E-state index in [1.165, 1.54) is 4.90 Å². The van der Waals surface area contributed by atoms with E-state index in [0.29, 0.717) is 35.2 Å². The maximum absolute atomic E-state index is 12.8. The molecular formula is C19H17ClINO4S. The summed E-state index contributed by atoms with van der Waals surface area (Å²) < 4.78 is 11.9. The van der Waals surface area contributed by atoms with Crippen LogP contribution in [0.4, 0.5) is 10.5 Å². The zero-order chi connectivity index (χ0) is 19.6. The van der Waals surface area contributed by atoms with E-state index in [1.807, 2.05) is 19.1 Å². The zero-order valence-electron chi connectivity index (χ0n) is 14.7. The number of halogens is 2. The van der Waals surface area contributed by atoms with Crippen LogP contribution in [-0.4, -0.2) is 30.1 Å². The molecule has 1 heterocycles. The molecule has 2 aromatic rings. The summed E-state index contributed by atoms with van der Waals surface area (Å²) in [6.45, 7) is 2.41. The lowest BCUT2D eigenvalue weighted by molar-refractivity contribution is -0.117. The van der Waals surface area contributed by atoms with Crippen molar-refractivity contribution >= 4 is 62.8 Å². The number of ether oxygens (including phenoxy) is 2. The second-order valence-corrected chi connectivity index (χ2v) is 8.52. The van der Waals surface area contributed by atoms with E-state index >= 15 is 0 Å². The third-order valence-electron chi connectivity index (χ3n) is 4.00. The third-order valence-corrected chi connectivity index (χ3v) is 6.09. The van der Waals surface area contributed by atoms with Crippen LogP contribution in [0, 0.1) is 3.57 Å². The monoisotopic (exact) mass is 517 g/mol. The zero-order valence-corrected chi connectivity index (χ0v) is 18.4. The van der Waals surface area contributed by atoms with Crippen molar-refractivity contribution in [3.8, 4) is 11.5 Å². The predicted octanol–water partition coefficient (Wildman–Crippen LogP) is 5.16. The fourth-order valence-electron chi connectivity index (χ4n) is 2.82. The minimum atomic E-state index is -0.480. The van der Waals surface area contributed by atoms with E-state index < -0.39 is 5.25 Å². The second-order valence-electron chi connectivity index (χ2n) is 5.77. The maximum Gasteiger partial charge on any atom is 0.293 e. The molecule has 142 valence electrons. The van der Waals surface area contributed by atoms with Gasteiger partial charge in [-0.1, -0.05) is 23.4 Å². The lowest BCUT2D eigenvalue weighted by Gasteiger charge is -2.15. The molecule has 0 radical (unpaired) electrons. The van der Waals surface area contributed by atoms with Crippen LogP contribution in [-0.2, 0) is 11.2 Å². The molecular weight excluding hydrogens is 501 g/mol. The van der Waals surface area contributed by atoms with Gasteiger partial charge in [0.2, 0.25) is 5.91 Å². The number of methoxy groups -OCH3 is 1. The number of amides is 2. The first-order chi connectivity index (χ1) is 12.9. The van der Waals surface area contributed by atoms with Crippen LogP contribution in [0.2, 0.25) is 5.02 Å². The van der Waals surface area contributed by atoms with Gasteiger partial charge in [-0.2, -0.15) is 0 Å². The quantitative estimate of drug-likeness (QED) is 0.495. The molecule has 8 heteroatoms. The molecule has 1 atom stereocenters. The first-order valence-electron chi connectivity index (χ1n) is 8.24. The normalized spacial score (nSPS) is 16.7. The molecule has 2 amide bonds. The molecule has 1 aliphatic heterocycles. The second kappa shape index (κ2) is 8.70. The summed E-state index contributed by atoms with van der Waals surface area (Å²) in [6.07, 6.45) is 0.430. The largest absolute Gasteiger partial charge is 0.492 e. The smallest absolute Gasteiger partial charge is 0.293 e. The Hall–Kier alpha value is -1.45. The van der Waals surface area contributed by atoms with Gasteiger partial charge in [-0.05, 0) is 77.9 Å². The molecule has 0 unspecified atom stereocenters. The van der Waals surface area contributed by atoms with Gasteiger partial charge >= 0.3 is 0 Å². The van der Waals surface area contributed by atoms with Crippen molar-refractivity contribution in [1.82, 2.24) is 0 Å². The van der Waals surface area contributed by atoms with Crippen molar-refractivity contribution in [2.24, 2.45) is 0 Å². The van der Waals surface area contributed by atoms with Crippen molar-refractivity contribution < 1.29 is 19.1 Å². The molecule has 3 rings (SSSR count). The van der Waals surface area contributed by atoms with Gasteiger partial charge in [0.25, 0.3) is 5.24 Å². The number of imide groups is 1. The van der Waals surface area contributed by atoms with Crippen LogP contribution in [0.15, 0.2) is 36.4 Å². The lowest BCUT2D eigenvalue weighted by atomic mass is 10.1. The molecule has 0 aliphatic carbocycles. The summed E-state index contributed by atoms with van der Waals surface area (Å²) in [5.74, 6) is 1.08. The Morgan fingerprint density at radius 3 is 2.56 bits per heavy atom. The molecule has 0 N–H and O–H groups in total. The highest BCUT2D eigenvalue weighted by molar-refractivity contribution is 14.1. The average molecular weight is 518 g/mol. The van der Waals surface area contributed by atoms with Crippen LogP contribution < -0.4 is 14.4 Å². The van der Waals surface area contributed by atoms with Gasteiger partial charge in [-0.25, -0.2) is 4.90 Å². The molecule has 0 spiro atoms. The van der Waals surface area contributed by atoms with Crippen molar-refractivity contribution in [3.05, 3.63) is 50.6 Å². The SMILES string of the molecule is CCOc1cc(C[C@@H]2SC(=O)N(c3ccc(Cl)cc3)C2=O)cc(I)c1OC. The van der Waals surface area contributed by atoms with Crippen LogP contribution in [0.25, 0.3) is 0 Å². The van der Waals surface area contributed by atoms with Crippen molar-refractivity contribution in [2.45, 2.75) is 18.6 Å². The van der Waals surface area contributed by atoms with Gasteiger partial charge in [-0.15, -0.1) is 0 Å². The van der Waals surface area contributed by atoms with Crippen LogP contribution in [0.5, 0.6) is 11.5 Å². The highest BCUT2D eigenvalue weighted by Crippen LogP contribution is 2.37. The Labute approximate surface area is 180 Å². The number of hydrogen-bond donors (Lipinski definition) is 0. The number of benzene rings is 2. The molecule has 2 aromatic carbocycles. The number of thioether (sulfide) groups is 1. The van der Waals surface area contributed by atoms with Crippen LogP contribution >= 0.6 is 46.0 Å². The summed E-state index contributed by atoms with van der Waals surface area (Å²) in [5, 5.41) is -0.203. The lowest BCUT2D eigenvalue weighted by Crippen LogP contribution is -2.32. The Morgan fingerprint density at radius 1 is 1.22 bits per heavy atom. The van der Waals surface area contributed by atoms with Crippen LogP contribution in [0.1, 0.15) is 12.5 Å². The van der Waals surface area contributed by atoms with E-state index in [2.05, 4.69) is 22.6 Å². The molecule has 0 saturated carbocycles. The number of carbonyl (C=O) groups excluding carboxylic acids is 2. The van der Waals surface area contributed by atoms with E-state index in [1.54, 1.807) is 31.4 Å². The number of carbonyl (C=O) groups is 2. The molecule has 5 nitrogen and oxygen atoms in total. The van der Waals surface area contributed by atoms with Gasteiger partial charge in [0.05, 0.1) is 28.2 Å². The summed E-state index contributed by atoms with van der Waals surface area (Å²) in [6, 6.07) is 10.5. The van der Waals surface area contributed by atoms with Crippen molar-refractivity contribution in [1.29, 1.82) is 0 Å². The number of hydrogen-bond acceptors (Lipinski definition) is 5. The number of nitrogens with zero attached hydrogens (tertiary/aromatic N) is 1. The molecule has 0 aromatic heterocycles. The Bertz CT molecular complexity index is 875. The first-order valence-corrected chi connectivity index (χ1v) is 10.6. The fraction of sp³-hybridized carbons (Fsp3) is 0.263. The average Bonchev–Trinajstić information content (AvgIpc) is 2.90. The Kier molecular flexibility index (Phi) is 6.54. The summed E-state index contributed by atoms with van der Waals surface area (Å²) in [5.41, 5.74) is 1.45. The number of anilines is 1. The minimum absolute atomic E-state index is 0.226. The first kappa shape index (κ1) is 20.3. The standard InChI is InChI=1S/C19H17ClINO4S/c1-3-26-15-9-11(8-14(21)17(15)25-2)10-16-18(23)22(19(24)27-16)13-6-4-12(20)5-7-13/h4-9,16H,3,10H2,1-2H3/t16-/m0/s1. The third kappa shape index (κ3) is 4.35. The summed E-state index contributed by atoms with van der Waals surface area (Å²) in [4.78, 5) is 26.4. The van der Waals surface area contributed by atoms with Gasteiger partial charge in [0.1, 0.15) is 0 Å². The maximum atomic E-state index is 12.8. The molecule has 27 heavy (non-hydrogen) atoms. The molecule has 1 fully saturated rings. The molecule has 1 saturated heterocycles. The summed E-state index contributed by atoms with van der Waals surface area (Å²) in [7, 11) is 1.60. The molecule has 0 bridgehead atoms. The fourth-order valence-corrected chi connectivity index (χ4v) is 4.86. The highest BCUT2D eigenvalue weighted by atomic mass is 127. The minimum Gasteiger partial charge on any atom is -0.492 e. The Balaban J connectivity index is 1.83. The van der Waals surface area contributed by atoms with Crippen molar-refractivity contribution in [3.63, 3.8) is 0 Å². The predicted molar refractivity (Wildman–Crippen MR) is 116 cm³/mol. The van der Waals surface area contributed by atoms with Crippen molar-refractivity contribution in [2.75, 3.05) is 18.6 Å². The van der Waals surface area contributed by atoms with E-state index in [0.717, 1.165) is 20.9 Å². The van der Waals surface area contributed by atoms with Gasteiger partial charge < -0.3 is 9.47 Å². The Morgan fingerprint density at radius 2 is 1.93 bits per heavy atom. The van der Waals surface area contributed by atoms with Crippen LogP contribution in [0.3, 0.4) is 0 Å². The number of rotatable bonds is 6.